The van der Waals surface area contributed by atoms with E-state index in [0.29, 0.717) is 11.7 Å². The van der Waals surface area contributed by atoms with Crippen LogP contribution < -0.4 is 11.5 Å². The molecule has 90 valence electrons. The Bertz CT molecular complexity index is 326. The number of hydrogen-bond donors (Lipinski definition) is 2. The Balaban J connectivity index is 0. The lowest BCUT2D eigenvalue weighted by molar-refractivity contribution is 1.41. The van der Waals surface area contributed by atoms with Gasteiger partial charge >= 0.3 is 0 Å². The number of rotatable bonds is 2. The van der Waals surface area contributed by atoms with E-state index in [0.717, 1.165) is 11.4 Å². The molecule has 0 radical (unpaired) electrons. The topological polar surface area (TPSA) is 76.8 Å². The van der Waals surface area contributed by atoms with Crippen molar-refractivity contribution in [3.63, 3.8) is 0 Å². The standard InChI is InChI=1S/C10H14N4.2BrH/c1-7(11)13-9-3-5-10(6-4-9)14-8(2)12;;/h3-6H,1-2H3,(H2,11,13)(H2,12,14);2*1H. The summed E-state index contributed by atoms with van der Waals surface area (Å²) in [6, 6.07) is 7.38. The molecule has 0 aliphatic carbocycles. The highest BCUT2D eigenvalue weighted by molar-refractivity contribution is 8.93. The van der Waals surface area contributed by atoms with Crippen molar-refractivity contribution in [2.45, 2.75) is 13.8 Å². The third-order valence-electron chi connectivity index (χ3n) is 1.46. The number of hydrogen-bond acceptors (Lipinski definition) is 2. The van der Waals surface area contributed by atoms with Crippen molar-refractivity contribution in [1.82, 2.24) is 0 Å². The van der Waals surface area contributed by atoms with Gasteiger partial charge in [-0.1, -0.05) is 0 Å². The second-order valence-electron chi connectivity index (χ2n) is 3.02. The van der Waals surface area contributed by atoms with Crippen LogP contribution in [0.5, 0.6) is 0 Å². The van der Waals surface area contributed by atoms with E-state index in [-0.39, 0.29) is 34.0 Å². The van der Waals surface area contributed by atoms with E-state index in [1.165, 1.54) is 0 Å². The van der Waals surface area contributed by atoms with Crippen LogP contribution in [0.25, 0.3) is 0 Å². The van der Waals surface area contributed by atoms with E-state index in [2.05, 4.69) is 9.98 Å². The van der Waals surface area contributed by atoms with Crippen molar-refractivity contribution < 1.29 is 0 Å². The molecule has 0 aliphatic heterocycles. The molecule has 4 nitrogen and oxygen atoms in total. The maximum atomic E-state index is 5.45. The fraction of sp³-hybridized carbons (Fsp3) is 0.200. The van der Waals surface area contributed by atoms with Crippen LogP contribution in [0, 0.1) is 0 Å². The quantitative estimate of drug-likeness (QED) is 0.634. The van der Waals surface area contributed by atoms with Gasteiger partial charge in [0.15, 0.2) is 0 Å². The molecule has 16 heavy (non-hydrogen) atoms. The Morgan fingerprint density at radius 1 is 0.812 bits per heavy atom. The molecule has 0 amide bonds. The van der Waals surface area contributed by atoms with E-state index >= 15 is 0 Å². The molecule has 0 aliphatic rings. The number of aliphatic imine (C=N–C) groups is 2. The van der Waals surface area contributed by atoms with Gasteiger partial charge in [-0.05, 0) is 38.1 Å². The average Bonchev–Trinajstić information content (AvgIpc) is 2.06. The van der Waals surface area contributed by atoms with Gasteiger partial charge in [-0.15, -0.1) is 34.0 Å². The molecule has 1 rings (SSSR count). The Morgan fingerprint density at radius 3 is 1.25 bits per heavy atom. The van der Waals surface area contributed by atoms with Crippen molar-refractivity contribution in [2.24, 2.45) is 21.5 Å². The van der Waals surface area contributed by atoms with Crippen molar-refractivity contribution >= 4 is 57.0 Å². The van der Waals surface area contributed by atoms with Crippen molar-refractivity contribution in [2.75, 3.05) is 0 Å². The zero-order chi connectivity index (χ0) is 10.6. The number of nitrogens with two attached hydrogens (primary N) is 2. The lowest BCUT2D eigenvalue weighted by Gasteiger charge is -1.97. The molecule has 0 unspecified atom stereocenters. The molecule has 0 saturated carbocycles. The van der Waals surface area contributed by atoms with Gasteiger partial charge in [0.05, 0.1) is 23.0 Å². The average molecular weight is 352 g/mol. The maximum absolute atomic E-state index is 5.45. The van der Waals surface area contributed by atoms with Crippen LogP contribution in [0.2, 0.25) is 0 Å². The minimum Gasteiger partial charge on any atom is -0.387 e. The summed E-state index contributed by atoms with van der Waals surface area (Å²) < 4.78 is 0. The van der Waals surface area contributed by atoms with Gasteiger partial charge in [-0.3, -0.25) is 0 Å². The van der Waals surface area contributed by atoms with E-state index in [1.807, 2.05) is 24.3 Å². The summed E-state index contributed by atoms with van der Waals surface area (Å²) in [5.74, 6) is 1.08. The smallest absolute Gasteiger partial charge is 0.0964 e. The summed E-state index contributed by atoms with van der Waals surface area (Å²) in [6.45, 7) is 3.49. The molecular formula is C10H16Br2N4. The molecule has 0 saturated heterocycles. The fourth-order valence-corrected chi connectivity index (χ4v) is 1.01. The summed E-state index contributed by atoms with van der Waals surface area (Å²) in [6.07, 6.45) is 0. The minimum absolute atomic E-state index is 0. The highest BCUT2D eigenvalue weighted by atomic mass is 79.9. The predicted octanol–water partition coefficient (Wildman–Crippen LogP) is 2.86. The van der Waals surface area contributed by atoms with E-state index in [4.69, 9.17) is 11.5 Å². The normalized spacial score (nSPS) is 11.4. The largest absolute Gasteiger partial charge is 0.387 e. The first kappa shape index (κ1) is 17.5. The van der Waals surface area contributed by atoms with Gasteiger partial charge in [0.25, 0.3) is 0 Å². The molecule has 0 bridgehead atoms. The summed E-state index contributed by atoms with van der Waals surface area (Å²) in [5.41, 5.74) is 12.5. The first-order chi connectivity index (χ1) is 6.58. The van der Waals surface area contributed by atoms with Crippen LogP contribution >= 0.6 is 34.0 Å². The SMILES string of the molecule is Br.Br.CC(N)=Nc1ccc(N=C(C)N)cc1. The first-order valence-corrected chi connectivity index (χ1v) is 4.29. The summed E-state index contributed by atoms with van der Waals surface area (Å²) in [4.78, 5) is 8.19. The van der Waals surface area contributed by atoms with Crippen molar-refractivity contribution in [1.29, 1.82) is 0 Å². The van der Waals surface area contributed by atoms with Gasteiger partial charge in [0.1, 0.15) is 0 Å². The van der Waals surface area contributed by atoms with Crippen LogP contribution in [0.3, 0.4) is 0 Å². The fourth-order valence-electron chi connectivity index (χ4n) is 1.01. The Hall–Kier alpha value is -0.880. The van der Waals surface area contributed by atoms with E-state index in [9.17, 15) is 0 Å². The van der Waals surface area contributed by atoms with Crippen molar-refractivity contribution in [3.8, 4) is 0 Å². The van der Waals surface area contributed by atoms with Gasteiger partial charge in [0, 0.05) is 0 Å². The van der Waals surface area contributed by atoms with Crippen LogP contribution in [0.15, 0.2) is 34.3 Å². The van der Waals surface area contributed by atoms with Gasteiger partial charge in [-0.2, -0.15) is 0 Å². The van der Waals surface area contributed by atoms with Crippen LogP contribution in [-0.4, -0.2) is 11.7 Å². The molecule has 1 aromatic carbocycles. The maximum Gasteiger partial charge on any atom is 0.0964 e. The molecule has 0 spiro atoms. The number of halogens is 2. The predicted molar refractivity (Wildman–Crippen MR) is 81.0 cm³/mol. The lowest BCUT2D eigenvalue weighted by atomic mass is 10.3. The zero-order valence-corrected chi connectivity index (χ0v) is 12.6. The lowest BCUT2D eigenvalue weighted by Crippen LogP contribution is -2.04. The molecule has 1 aromatic rings. The molecule has 0 aromatic heterocycles. The van der Waals surface area contributed by atoms with E-state index < -0.39 is 0 Å². The Labute approximate surface area is 116 Å². The zero-order valence-electron chi connectivity index (χ0n) is 9.18. The summed E-state index contributed by atoms with van der Waals surface area (Å²) >= 11 is 0. The third-order valence-corrected chi connectivity index (χ3v) is 1.46. The van der Waals surface area contributed by atoms with Crippen LogP contribution in [0.1, 0.15) is 13.8 Å². The van der Waals surface area contributed by atoms with Crippen LogP contribution in [-0.2, 0) is 0 Å². The summed E-state index contributed by atoms with van der Waals surface area (Å²) in [7, 11) is 0. The minimum atomic E-state index is 0. The molecule has 0 fully saturated rings. The second-order valence-corrected chi connectivity index (χ2v) is 3.02. The second kappa shape index (κ2) is 8.29. The van der Waals surface area contributed by atoms with E-state index in [1.54, 1.807) is 13.8 Å². The molecule has 6 heteroatoms. The Kier molecular flexibility index (Phi) is 9.08. The highest BCUT2D eigenvalue weighted by Gasteiger charge is 1.91. The Morgan fingerprint density at radius 2 is 1.06 bits per heavy atom. The molecular weight excluding hydrogens is 336 g/mol. The number of nitrogens with zero attached hydrogens (tertiary/aromatic N) is 2. The van der Waals surface area contributed by atoms with Crippen LogP contribution in [0.4, 0.5) is 11.4 Å². The molecule has 0 heterocycles. The number of benzene rings is 1. The highest BCUT2D eigenvalue weighted by Crippen LogP contribution is 2.18. The summed E-state index contributed by atoms with van der Waals surface area (Å²) in [5, 5.41) is 0. The third kappa shape index (κ3) is 6.58. The van der Waals surface area contributed by atoms with Gasteiger partial charge in [-0.25, -0.2) is 9.98 Å². The van der Waals surface area contributed by atoms with Gasteiger partial charge < -0.3 is 11.5 Å². The molecule has 0 atom stereocenters. The van der Waals surface area contributed by atoms with Gasteiger partial charge in [0.2, 0.25) is 0 Å². The van der Waals surface area contributed by atoms with Crippen molar-refractivity contribution in [3.05, 3.63) is 24.3 Å². The first-order valence-electron chi connectivity index (χ1n) is 4.29. The molecule has 4 N–H and O–H groups in total. The monoisotopic (exact) mass is 350 g/mol. The number of amidine groups is 2.